The number of amides is 1. The number of hydrogen-bond acceptors (Lipinski definition) is 4. The van der Waals surface area contributed by atoms with E-state index in [9.17, 15) is 9.59 Å². The van der Waals surface area contributed by atoms with Gasteiger partial charge in [0.2, 0.25) is 0 Å². The number of hydrogen-bond donors (Lipinski definition) is 1. The number of carbonyl (C=O) groups is 2. The molecule has 0 radical (unpaired) electrons. The second-order valence-corrected chi connectivity index (χ2v) is 6.50. The Morgan fingerprint density at radius 2 is 1.85 bits per heavy atom. The minimum atomic E-state index is -0.583. The van der Waals surface area contributed by atoms with Gasteiger partial charge in [0.05, 0.1) is 5.56 Å². The summed E-state index contributed by atoms with van der Waals surface area (Å²) in [5.74, 6) is -0.391. The van der Waals surface area contributed by atoms with Crippen LogP contribution in [-0.4, -0.2) is 18.2 Å². The summed E-state index contributed by atoms with van der Waals surface area (Å²) in [6.45, 7) is 3.91. The molecule has 0 heterocycles. The fraction of sp³-hybridized carbons (Fsp3) is 0.273. The van der Waals surface area contributed by atoms with Gasteiger partial charge in [-0.15, -0.1) is 0 Å². The molecule has 0 aliphatic heterocycles. The van der Waals surface area contributed by atoms with Crippen molar-refractivity contribution in [2.45, 2.75) is 38.4 Å². The molecule has 27 heavy (non-hydrogen) atoms. The maximum absolute atomic E-state index is 12.5. The van der Waals surface area contributed by atoms with Crippen molar-refractivity contribution in [3.8, 4) is 0 Å². The first-order valence-corrected chi connectivity index (χ1v) is 9.11. The van der Waals surface area contributed by atoms with Crippen molar-refractivity contribution in [2.75, 3.05) is 5.32 Å². The van der Waals surface area contributed by atoms with E-state index in [0.717, 1.165) is 31.2 Å². The smallest absolute Gasteiger partial charge is 0.411 e. The van der Waals surface area contributed by atoms with Crippen LogP contribution >= 0.6 is 0 Å². The molecule has 2 aromatic carbocycles. The zero-order valence-electron chi connectivity index (χ0n) is 15.1. The van der Waals surface area contributed by atoms with E-state index in [0.29, 0.717) is 16.8 Å². The molecule has 5 heteroatoms. The Bertz CT molecular complexity index is 810. The Balaban J connectivity index is 1.64. The van der Waals surface area contributed by atoms with E-state index in [1.165, 1.54) is 0 Å². The molecule has 1 amide bonds. The second-order valence-electron chi connectivity index (χ2n) is 6.50. The number of carbonyl (C=O) groups excluding carboxylic acids is 2. The summed E-state index contributed by atoms with van der Waals surface area (Å²) in [6.07, 6.45) is 4.96. The van der Waals surface area contributed by atoms with Crippen LogP contribution in [0.4, 0.5) is 10.5 Å². The molecule has 1 saturated carbocycles. The Labute approximate surface area is 159 Å². The second kappa shape index (κ2) is 9.03. The van der Waals surface area contributed by atoms with Crippen LogP contribution < -0.4 is 5.32 Å². The third-order valence-corrected chi connectivity index (χ3v) is 4.53. The normalized spacial score (nSPS) is 13.8. The predicted octanol–water partition coefficient (Wildman–Crippen LogP) is 5.18. The molecule has 0 atom stereocenters. The Hall–Kier alpha value is -3.08. The van der Waals surface area contributed by atoms with Gasteiger partial charge in [-0.2, -0.15) is 0 Å². The van der Waals surface area contributed by atoms with Crippen molar-refractivity contribution in [1.29, 1.82) is 0 Å². The molecular weight excluding hydrogens is 342 g/mol. The largest absolute Gasteiger partial charge is 0.459 e. The summed E-state index contributed by atoms with van der Waals surface area (Å²) in [7, 11) is 0. The van der Waals surface area contributed by atoms with Gasteiger partial charge in [-0.05, 0) is 48.9 Å². The van der Waals surface area contributed by atoms with Crippen LogP contribution in [0.5, 0.6) is 0 Å². The highest BCUT2D eigenvalue weighted by molar-refractivity contribution is 5.96. The third-order valence-electron chi connectivity index (χ3n) is 4.53. The number of benzene rings is 2. The summed E-state index contributed by atoms with van der Waals surface area (Å²) >= 11 is 0. The molecule has 2 aromatic rings. The topological polar surface area (TPSA) is 64.6 Å². The number of esters is 1. The lowest BCUT2D eigenvalue weighted by Crippen LogP contribution is -2.17. The molecule has 0 spiro atoms. The number of anilines is 1. The van der Waals surface area contributed by atoms with Crippen LogP contribution in [0, 0.1) is 0 Å². The molecule has 1 fully saturated rings. The molecular formula is C22H23NO4. The molecule has 1 aliphatic rings. The summed E-state index contributed by atoms with van der Waals surface area (Å²) in [5, 5.41) is 2.65. The lowest BCUT2D eigenvalue weighted by molar-refractivity contribution is 0.0317. The van der Waals surface area contributed by atoms with Gasteiger partial charge >= 0.3 is 12.1 Å². The fourth-order valence-corrected chi connectivity index (χ4v) is 3.09. The van der Waals surface area contributed by atoms with Gasteiger partial charge in [-0.1, -0.05) is 49.1 Å². The Morgan fingerprint density at radius 3 is 2.56 bits per heavy atom. The van der Waals surface area contributed by atoms with Crippen molar-refractivity contribution in [3.63, 3.8) is 0 Å². The van der Waals surface area contributed by atoms with Gasteiger partial charge < -0.3 is 9.47 Å². The van der Waals surface area contributed by atoms with E-state index in [2.05, 4.69) is 11.9 Å². The summed E-state index contributed by atoms with van der Waals surface area (Å²) in [4.78, 5) is 24.5. The number of ether oxygens (including phenoxy) is 2. The molecule has 3 rings (SSSR count). The highest BCUT2D eigenvalue weighted by atomic mass is 16.5. The predicted molar refractivity (Wildman–Crippen MR) is 104 cm³/mol. The molecule has 0 unspecified atom stereocenters. The van der Waals surface area contributed by atoms with Gasteiger partial charge in [0, 0.05) is 5.69 Å². The van der Waals surface area contributed by atoms with E-state index in [1.807, 2.05) is 30.3 Å². The first-order valence-electron chi connectivity index (χ1n) is 9.11. The van der Waals surface area contributed by atoms with E-state index < -0.39 is 12.1 Å². The molecule has 1 aliphatic carbocycles. The lowest BCUT2D eigenvalue weighted by atomic mass is 10.1. The van der Waals surface area contributed by atoms with Crippen LogP contribution in [-0.2, 0) is 16.1 Å². The monoisotopic (exact) mass is 365 g/mol. The minimum absolute atomic E-state index is 0.0254. The SMILES string of the molecule is C=Cc1ccc(NC(=O)OCc2ccccc2)cc1C(=O)OC1CCCC1. The minimum Gasteiger partial charge on any atom is -0.459 e. The molecule has 0 bridgehead atoms. The summed E-state index contributed by atoms with van der Waals surface area (Å²) < 4.78 is 10.8. The maximum atomic E-state index is 12.5. The summed E-state index contributed by atoms with van der Waals surface area (Å²) in [5.41, 5.74) is 2.42. The Morgan fingerprint density at radius 1 is 1.11 bits per heavy atom. The third kappa shape index (κ3) is 5.20. The lowest BCUT2D eigenvalue weighted by Gasteiger charge is -2.14. The van der Waals surface area contributed by atoms with Gasteiger partial charge in [-0.25, -0.2) is 9.59 Å². The van der Waals surface area contributed by atoms with Gasteiger partial charge in [0.1, 0.15) is 12.7 Å². The van der Waals surface area contributed by atoms with Crippen LogP contribution in [0.1, 0.15) is 47.2 Å². The molecule has 5 nitrogen and oxygen atoms in total. The van der Waals surface area contributed by atoms with Gasteiger partial charge in [0.25, 0.3) is 0 Å². The average molecular weight is 365 g/mol. The summed E-state index contributed by atoms with van der Waals surface area (Å²) in [6, 6.07) is 14.4. The van der Waals surface area contributed by atoms with Crippen molar-refractivity contribution >= 4 is 23.8 Å². The molecule has 140 valence electrons. The number of nitrogens with one attached hydrogen (secondary N) is 1. The fourth-order valence-electron chi connectivity index (χ4n) is 3.09. The highest BCUT2D eigenvalue weighted by Crippen LogP contribution is 2.24. The van der Waals surface area contributed by atoms with Crippen molar-refractivity contribution in [1.82, 2.24) is 0 Å². The van der Waals surface area contributed by atoms with E-state index in [-0.39, 0.29) is 12.7 Å². The van der Waals surface area contributed by atoms with Crippen molar-refractivity contribution < 1.29 is 19.1 Å². The molecule has 0 saturated heterocycles. The quantitative estimate of drug-likeness (QED) is 0.717. The van der Waals surface area contributed by atoms with E-state index in [4.69, 9.17) is 9.47 Å². The van der Waals surface area contributed by atoms with Crippen LogP contribution in [0.3, 0.4) is 0 Å². The first kappa shape index (κ1) is 18.7. The van der Waals surface area contributed by atoms with E-state index >= 15 is 0 Å². The highest BCUT2D eigenvalue weighted by Gasteiger charge is 2.21. The molecule has 0 aromatic heterocycles. The van der Waals surface area contributed by atoms with Crippen LogP contribution in [0.2, 0.25) is 0 Å². The molecule has 1 N–H and O–H groups in total. The first-order chi connectivity index (χ1) is 13.2. The van der Waals surface area contributed by atoms with Crippen LogP contribution in [0.15, 0.2) is 55.1 Å². The number of rotatable bonds is 6. The maximum Gasteiger partial charge on any atom is 0.411 e. The average Bonchev–Trinajstić information content (AvgIpc) is 3.20. The zero-order chi connectivity index (χ0) is 19.1. The van der Waals surface area contributed by atoms with Crippen molar-refractivity contribution in [3.05, 3.63) is 71.8 Å². The Kier molecular flexibility index (Phi) is 6.26. The van der Waals surface area contributed by atoms with Gasteiger partial charge in [-0.3, -0.25) is 5.32 Å². The zero-order valence-corrected chi connectivity index (χ0v) is 15.1. The van der Waals surface area contributed by atoms with E-state index in [1.54, 1.807) is 24.3 Å². The standard InChI is InChI=1S/C22H23NO4/c1-2-17-12-13-18(14-20(17)21(24)27-19-10-6-7-11-19)23-22(25)26-15-16-8-4-3-5-9-16/h2-5,8-9,12-14,19H,1,6-7,10-11,15H2,(H,23,25). The van der Waals surface area contributed by atoms with Crippen molar-refractivity contribution in [2.24, 2.45) is 0 Å². The van der Waals surface area contributed by atoms with Crippen LogP contribution in [0.25, 0.3) is 6.08 Å². The van der Waals surface area contributed by atoms with Gasteiger partial charge in [0.15, 0.2) is 0 Å².